The molecule has 2 rings (SSSR count). The average molecular weight is 298 g/mol. The van der Waals surface area contributed by atoms with E-state index in [0.29, 0.717) is 6.04 Å². The molecule has 1 atom stereocenters. The summed E-state index contributed by atoms with van der Waals surface area (Å²) in [6.07, 6.45) is 2.78. The molecule has 1 fully saturated rings. The summed E-state index contributed by atoms with van der Waals surface area (Å²) in [6, 6.07) is 6.74. The zero-order valence-electron chi connectivity index (χ0n) is 10.5. The fraction of sp³-hybridized carbons (Fsp3) is 0.571. The van der Waals surface area contributed by atoms with E-state index in [0.717, 1.165) is 29.3 Å². The molecule has 0 aromatic heterocycles. The lowest BCUT2D eigenvalue weighted by Crippen LogP contribution is -2.31. The van der Waals surface area contributed by atoms with Crippen molar-refractivity contribution in [3.63, 3.8) is 0 Å². The lowest BCUT2D eigenvalue weighted by Gasteiger charge is -2.13. The number of benzene rings is 1. The zero-order valence-corrected chi connectivity index (χ0v) is 12.1. The molecule has 1 saturated carbocycles. The van der Waals surface area contributed by atoms with Crippen molar-refractivity contribution in [2.75, 3.05) is 13.2 Å². The second-order valence-corrected chi connectivity index (χ2v) is 5.69. The standard InChI is InChI=1S/C14H20BrNO/c1-10-9-13(5-6-14(10)15)17-8-7-16-11(2)12-3-4-12/h5-6,9,11-12,16H,3-4,7-8H2,1-2H3. The lowest BCUT2D eigenvalue weighted by atomic mass is 10.2. The van der Waals surface area contributed by atoms with Gasteiger partial charge in [0.2, 0.25) is 0 Å². The van der Waals surface area contributed by atoms with Crippen LogP contribution in [0.25, 0.3) is 0 Å². The van der Waals surface area contributed by atoms with Crippen LogP contribution in [0.15, 0.2) is 22.7 Å². The monoisotopic (exact) mass is 297 g/mol. The molecule has 0 heterocycles. The highest BCUT2D eigenvalue weighted by molar-refractivity contribution is 9.10. The molecule has 1 unspecified atom stereocenters. The van der Waals surface area contributed by atoms with Crippen LogP contribution in [0.4, 0.5) is 0 Å². The highest BCUT2D eigenvalue weighted by atomic mass is 79.9. The molecular weight excluding hydrogens is 278 g/mol. The molecule has 1 N–H and O–H groups in total. The largest absolute Gasteiger partial charge is 0.492 e. The Labute approximate surface area is 112 Å². The van der Waals surface area contributed by atoms with E-state index in [1.165, 1.54) is 18.4 Å². The number of rotatable bonds is 6. The van der Waals surface area contributed by atoms with Gasteiger partial charge in [-0.05, 0) is 56.4 Å². The molecule has 0 saturated heterocycles. The van der Waals surface area contributed by atoms with Crippen molar-refractivity contribution in [2.24, 2.45) is 5.92 Å². The molecule has 1 aromatic rings. The molecule has 1 aliphatic carbocycles. The maximum absolute atomic E-state index is 5.71. The van der Waals surface area contributed by atoms with Gasteiger partial charge in [0.1, 0.15) is 12.4 Å². The SMILES string of the molecule is Cc1cc(OCCNC(C)C2CC2)ccc1Br. The second-order valence-electron chi connectivity index (χ2n) is 4.84. The molecule has 0 radical (unpaired) electrons. The first-order valence-electron chi connectivity index (χ1n) is 6.29. The van der Waals surface area contributed by atoms with Gasteiger partial charge in [0.15, 0.2) is 0 Å². The summed E-state index contributed by atoms with van der Waals surface area (Å²) in [5.74, 6) is 1.86. The Balaban J connectivity index is 1.68. The van der Waals surface area contributed by atoms with Gasteiger partial charge in [0.05, 0.1) is 0 Å². The molecule has 1 aliphatic rings. The minimum atomic E-state index is 0.644. The van der Waals surface area contributed by atoms with Crippen molar-refractivity contribution in [3.05, 3.63) is 28.2 Å². The molecule has 0 bridgehead atoms. The van der Waals surface area contributed by atoms with Crippen LogP contribution in [-0.4, -0.2) is 19.2 Å². The molecule has 0 amide bonds. The Morgan fingerprint density at radius 2 is 2.24 bits per heavy atom. The van der Waals surface area contributed by atoms with Crippen LogP contribution >= 0.6 is 15.9 Å². The van der Waals surface area contributed by atoms with E-state index < -0.39 is 0 Å². The average Bonchev–Trinajstić information content (AvgIpc) is 3.13. The summed E-state index contributed by atoms with van der Waals surface area (Å²) >= 11 is 3.49. The fourth-order valence-corrected chi connectivity index (χ4v) is 2.17. The minimum absolute atomic E-state index is 0.644. The molecule has 0 spiro atoms. The van der Waals surface area contributed by atoms with E-state index in [9.17, 15) is 0 Å². The van der Waals surface area contributed by atoms with Crippen LogP contribution in [0.2, 0.25) is 0 Å². The summed E-state index contributed by atoms with van der Waals surface area (Å²) in [4.78, 5) is 0. The topological polar surface area (TPSA) is 21.3 Å². The van der Waals surface area contributed by atoms with E-state index in [2.05, 4.69) is 41.2 Å². The Morgan fingerprint density at radius 3 is 2.88 bits per heavy atom. The number of halogens is 1. The van der Waals surface area contributed by atoms with Crippen LogP contribution in [-0.2, 0) is 0 Å². The predicted molar refractivity (Wildman–Crippen MR) is 74.6 cm³/mol. The van der Waals surface area contributed by atoms with Crippen LogP contribution in [0.1, 0.15) is 25.3 Å². The number of aryl methyl sites for hydroxylation is 1. The van der Waals surface area contributed by atoms with Gasteiger partial charge in [-0.25, -0.2) is 0 Å². The van der Waals surface area contributed by atoms with Gasteiger partial charge < -0.3 is 10.1 Å². The van der Waals surface area contributed by atoms with Crippen molar-refractivity contribution in [2.45, 2.75) is 32.7 Å². The summed E-state index contributed by atoms with van der Waals surface area (Å²) in [5.41, 5.74) is 1.21. The van der Waals surface area contributed by atoms with E-state index >= 15 is 0 Å². The zero-order chi connectivity index (χ0) is 12.3. The Morgan fingerprint density at radius 1 is 1.47 bits per heavy atom. The van der Waals surface area contributed by atoms with Crippen LogP contribution in [0.3, 0.4) is 0 Å². The predicted octanol–water partition coefficient (Wildman–Crippen LogP) is 3.52. The first-order chi connectivity index (χ1) is 8.16. The molecule has 2 nitrogen and oxygen atoms in total. The van der Waals surface area contributed by atoms with Gasteiger partial charge in [0.25, 0.3) is 0 Å². The van der Waals surface area contributed by atoms with Gasteiger partial charge >= 0.3 is 0 Å². The maximum atomic E-state index is 5.71. The first kappa shape index (κ1) is 12.9. The van der Waals surface area contributed by atoms with Gasteiger partial charge in [-0.3, -0.25) is 0 Å². The van der Waals surface area contributed by atoms with Crippen molar-refractivity contribution < 1.29 is 4.74 Å². The molecule has 0 aliphatic heterocycles. The number of hydrogen-bond donors (Lipinski definition) is 1. The third-order valence-electron chi connectivity index (χ3n) is 3.30. The smallest absolute Gasteiger partial charge is 0.119 e. The van der Waals surface area contributed by atoms with Crippen LogP contribution in [0.5, 0.6) is 5.75 Å². The first-order valence-corrected chi connectivity index (χ1v) is 7.08. The van der Waals surface area contributed by atoms with E-state index in [4.69, 9.17) is 4.74 Å². The Kier molecular flexibility index (Phi) is 4.46. The van der Waals surface area contributed by atoms with E-state index in [1.807, 2.05) is 12.1 Å². The van der Waals surface area contributed by atoms with Crippen LogP contribution in [0, 0.1) is 12.8 Å². The van der Waals surface area contributed by atoms with Gasteiger partial charge in [-0.15, -0.1) is 0 Å². The molecule has 17 heavy (non-hydrogen) atoms. The van der Waals surface area contributed by atoms with Crippen LogP contribution < -0.4 is 10.1 Å². The third-order valence-corrected chi connectivity index (χ3v) is 4.19. The molecular formula is C14H20BrNO. The Bertz CT molecular complexity index is 376. The van der Waals surface area contributed by atoms with Crippen molar-refractivity contribution in [1.29, 1.82) is 0 Å². The lowest BCUT2D eigenvalue weighted by molar-refractivity contribution is 0.303. The Hall–Kier alpha value is -0.540. The van der Waals surface area contributed by atoms with E-state index in [1.54, 1.807) is 0 Å². The van der Waals surface area contributed by atoms with Crippen molar-refractivity contribution in [1.82, 2.24) is 5.32 Å². The van der Waals surface area contributed by atoms with Crippen molar-refractivity contribution >= 4 is 15.9 Å². The van der Waals surface area contributed by atoms with Gasteiger partial charge in [-0.2, -0.15) is 0 Å². The summed E-state index contributed by atoms with van der Waals surface area (Å²) in [5, 5.41) is 3.51. The molecule has 1 aromatic carbocycles. The van der Waals surface area contributed by atoms with Gasteiger partial charge in [-0.1, -0.05) is 15.9 Å². The highest BCUT2D eigenvalue weighted by Crippen LogP contribution is 2.32. The second kappa shape index (κ2) is 5.87. The maximum Gasteiger partial charge on any atom is 0.119 e. The van der Waals surface area contributed by atoms with Crippen molar-refractivity contribution in [3.8, 4) is 5.75 Å². The quantitative estimate of drug-likeness (QED) is 0.811. The fourth-order valence-electron chi connectivity index (χ4n) is 1.93. The number of hydrogen-bond acceptors (Lipinski definition) is 2. The normalized spacial score (nSPS) is 16.9. The highest BCUT2D eigenvalue weighted by Gasteiger charge is 2.27. The summed E-state index contributed by atoms with van der Waals surface area (Å²) in [6.45, 7) is 6.00. The number of nitrogens with one attached hydrogen (secondary N) is 1. The third kappa shape index (κ3) is 4.00. The summed E-state index contributed by atoms with van der Waals surface area (Å²) in [7, 11) is 0. The van der Waals surface area contributed by atoms with E-state index in [-0.39, 0.29) is 0 Å². The summed E-state index contributed by atoms with van der Waals surface area (Å²) < 4.78 is 6.84. The molecule has 94 valence electrons. The minimum Gasteiger partial charge on any atom is -0.492 e. The van der Waals surface area contributed by atoms with Gasteiger partial charge in [0, 0.05) is 17.1 Å². The number of ether oxygens (including phenoxy) is 1. The molecule has 3 heteroatoms.